The van der Waals surface area contributed by atoms with Gasteiger partial charge in [-0.15, -0.1) is 0 Å². The summed E-state index contributed by atoms with van der Waals surface area (Å²) in [6.07, 6.45) is 0. The van der Waals surface area contributed by atoms with Crippen LogP contribution in [0.2, 0.25) is 5.02 Å². The predicted octanol–water partition coefficient (Wildman–Crippen LogP) is 2.16. The number of sulfone groups is 1. The number of thiocarbonyl (C=S) groups is 1. The summed E-state index contributed by atoms with van der Waals surface area (Å²) in [4.78, 5) is 0.186. The molecular weight excluding hydrogens is 330 g/mol. The molecular formula is C14H18ClNO3S2. The van der Waals surface area contributed by atoms with Gasteiger partial charge in [0.25, 0.3) is 0 Å². The maximum absolute atomic E-state index is 12.4. The molecule has 1 aliphatic rings. The fourth-order valence-electron chi connectivity index (χ4n) is 3.03. The third kappa shape index (κ3) is 2.70. The van der Waals surface area contributed by atoms with Gasteiger partial charge in [-0.3, -0.25) is 0 Å². The van der Waals surface area contributed by atoms with Crippen molar-refractivity contribution in [3.05, 3.63) is 34.9 Å². The predicted molar refractivity (Wildman–Crippen MR) is 88.5 cm³/mol. The van der Waals surface area contributed by atoms with E-state index < -0.39 is 20.5 Å². The van der Waals surface area contributed by atoms with Gasteiger partial charge in [0.05, 0.1) is 22.3 Å². The fourth-order valence-corrected chi connectivity index (χ4v) is 5.62. The van der Waals surface area contributed by atoms with Crippen LogP contribution in [0.25, 0.3) is 0 Å². The summed E-state index contributed by atoms with van der Waals surface area (Å²) in [5.41, 5.74) is 5.92. The molecule has 2 rings (SSSR count). The molecule has 7 heteroatoms. The van der Waals surface area contributed by atoms with Crippen LogP contribution in [0.4, 0.5) is 0 Å². The zero-order valence-corrected chi connectivity index (χ0v) is 14.3. The highest BCUT2D eigenvalue weighted by Crippen LogP contribution is 2.63. The van der Waals surface area contributed by atoms with Crippen molar-refractivity contribution in [1.82, 2.24) is 0 Å². The molecule has 1 fully saturated rings. The van der Waals surface area contributed by atoms with Crippen LogP contribution in [0.15, 0.2) is 24.3 Å². The number of nitrogens with two attached hydrogens (primary N) is 1. The summed E-state index contributed by atoms with van der Waals surface area (Å²) in [6, 6.07) is 7.12. The van der Waals surface area contributed by atoms with Crippen molar-refractivity contribution >= 4 is 38.6 Å². The average Bonchev–Trinajstić information content (AvgIpc) is 3.11. The van der Waals surface area contributed by atoms with Gasteiger partial charge in [-0.2, -0.15) is 0 Å². The monoisotopic (exact) mass is 347 g/mol. The van der Waals surface area contributed by atoms with Crippen molar-refractivity contribution in [2.24, 2.45) is 11.1 Å². The van der Waals surface area contributed by atoms with Gasteiger partial charge in [-0.1, -0.05) is 42.9 Å². The van der Waals surface area contributed by atoms with Gasteiger partial charge < -0.3 is 10.5 Å². The van der Waals surface area contributed by atoms with Crippen molar-refractivity contribution in [2.45, 2.75) is 18.1 Å². The Morgan fingerprint density at radius 1 is 1.43 bits per heavy atom. The molecule has 21 heavy (non-hydrogen) atoms. The largest absolute Gasteiger partial charge is 0.393 e. The number of hydrogen-bond donors (Lipinski definition) is 1. The van der Waals surface area contributed by atoms with E-state index >= 15 is 0 Å². The van der Waals surface area contributed by atoms with Crippen LogP contribution in [-0.2, 0) is 14.6 Å². The second-order valence-corrected chi connectivity index (χ2v) is 8.53. The molecule has 0 heterocycles. The van der Waals surface area contributed by atoms with E-state index in [0.29, 0.717) is 5.02 Å². The highest BCUT2D eigenvalue weighted by molar-refractivity contribution is 7.92. The minimum absolute atomic E-state index is 0.0514. The lowest BCUT2D eigenvalue weighted by Gasteiger charge is -2.15. The molecule has 1 aromatic carbocycles. The van der Waals surface area contributed by atoms with Crippen LogP contribution < -0.4 is 5.73 Å². The Balaban J connectivity index is 2.51. The van der Waals surface area contributed by atoms with E-state index in [4.69, 9.17) is 34.3 Å². The summed E-state index contributed by atoms with van der Waals surface area (Å²) in [6.45, 7) is 1.82. The number of halogens is 1. The van der Waals surface area contributed by atoms with Crippen molar-refractivity contribution in [3.63, 3.8) is 0 Å². The number of ether oxygens (including phenoxy) is 1. The lowest BCUT2D eigenvalue weighted by Crippen LogP contribution is -2.33. The first-order chi connectivity index (χ1) is 9.81. The first-order valence-corrected chi connectivity index (χ1v) is 9.07. The lowest BCUT2D eigenvalue weighted by atomic mass is 10.00. The molecule has 0 aromatic heterocycles. The second kappa shape index (κ2) is 5.83. The third-order valence-electron chi connectivity index (χ3n) is 4.12. The van der Waals surface area contributed by atoms with E-state index in [1.54, 1.807) is 19.1 Å². The normalized spacial score (nSPS) is 28.3. The summed E-state index contributed by atoms with van der Waals surface area (Å²) in [5.74, 6) is -0.229. The number of benzene rings is 1. The van der Waals surface area contributed by atoms with Crippen LogP contribution in [0.3, 0.4) is 0 Å². The quantitative estimate of drug-likeness (QED) is 0.798. The highest BCUT2D eigenvalue weighted by Gasteiger charge is 2.72. The van der Waals surface area contributed by atoms with Gasteiger partial charge >= 0.3 is 0 Å². The molecule has 0 spiro atoms. The van der Waals surface area contributed by atoms with Gasteiger partial charge in [0, 0.05) is 23.8 Å². The van der Waals surface area contributed by atoms with E-state index in [1.807, 2.05) is 12.1 Å². The molecule has 0 saturated heterocycles. The fraction of sp³-hybridized carbons (Fsp3) is 0.500. The summed E-state index contributed by atoms with van der Waals surface area (Å²) in [7, 11) is -1.77. The van der Waals surface area contributed by atoms with Crippen LogP contribution in [0, 0.1) is 5.41 Å². The Morgan fingerprint density at radius 3 is 2.43 bits per heavy atom. The Kier molecular flexibility index (Phi) is 4.63. The second-order valence-electron chi connectivity index (χ2n) is 5.24. The Labute approximate surface area is 135 Å². The van der Waals surface area contributed by atoms with Crippen LogP contribution in [0.5, 0.6) is 0 Å². The topological polar surface area (TPSA) is 69.4 Å². The molecule has 0 unspecified atom stereocenters. The Hall–Kier alpha value is -0.690. The van der Waals surface area contributed by atoms with E-state index in [2.05, 4.69) is 0 Å². The minimum Gasteiger partial charge on any atom is -0.393 e. The summed E-state index contributed by atoms with van der Waals surface area (Å²) in [5, 5.41) is -0.0319. The van der Waals surface area contributed by atoms with Gasteiger partial charge in [0.1, 0.15) is 0 Å². The van der Waals surface area contributed by atoms with E-state index in [9.17, 15) is 8.42 Å². The maximum atomic E-state index is 12.4. The van der Waals surface area contributed by atoms with E-state index in [-0.39, 0.29) is 23.3 Å². The summed E-state index contributed by atoms with van der Waals surface area (Å²) >= 11 is 11.1. The zero-order chi connectivity index (χ0) is 15.8. The number of hydrogen-bond acceptors (Lipinski definition) is 4. The standard InChI is InChI=1S/C14H18ClNO3S2/c1-3-21(17,18)12-11(9-4-6-10(15)7-5-9)14(12,8-19-2)13(16)20/h4-7,11-12H,3,8H2,1-2H3,(H2,16,20)/t11-,12-,14+/m0/s1. The average molecular weight is 348 g/mol. The number of rotatable bonds is 6. The molecule has 116 valence electrons. The molecule has 4 nitrogen and oxygen atoms in total. The smallest absolute Gasteiger partial charge is 0.154 e. The van der Waals surface area contributed by atoms with Gasteiger partial charge in [-0.05, 0) is 17.7 Å². The Morgan fingerprint density at radius 2 is 2.00 bits per heavy atom. The molecule has 2 N–H and O–H groups in total. The van der Waals surface area contributed by atoms with E-state index in [0.717, 1.165) is 5.56 Å². The SMILES string of the molecule is CCS(=O)(=O)[C@H]1[C@H](c2ccc(Cl)cc2)[C@@]1(COC)C(N)=S. The molecule has 0 amide bonds. The van der Waals surface area contributed by atoms with Crippen LogP contribution >= 0.6 is 23.8 Å². The highest BCUT2D eigenvalue weighted by atomic mass is 35.5. The van der Waals surface area contributed by atoms with Crippen molar-refractivity contribution in [3.8, 4) is 0 Å². The first-order valence-electron chi connectivity index (χ1n) is 6.57. The summed E-state index contributed by atoms with van der Waals surface area (Å²) < 4.78 is 30.0. The van der Waals surface area contributed by atoms with Gasteiger partial charge in [-0.25, -0.2) is 8.42 Å². The molecule has 1 aliphatic carbocycles. The first kappa shape index (κ1) is 16.7. The minimum atomic E-state index is -3.29. The molecule has 0 aliphatic heterocycles. The molecule has 1 aromatic rings. The molecule has 0 bridgehead atoms. The number of methoxy groups -OCH3 is 1. The van der Waals surface area contributed by atoms with Crippen LogP contribution in [-0.4, -0.2) is 38.1 Å². The van der Waals surface area contributed by atoms with E-state index in [1.165, 1.54) is 7.11 Å². The maximum Gasteiger partial charge on any atom is 0.154 e. The van der Waals surface area contributed by atoms with Gasteiger partial charge in [0.2, 0.25) is 0 Å². The van der Waals surface area contributed by atoms with Crippen LogP contribution in [0.1, 0.15) is 18.4 Å². The lowest BCUT2D eigenvalue weighted by molar-refractivity contribution is 0.166. The van der Waals surface area contributed by atoms with Gasteiger partial charge in [0.15, 0.2) is 9.84 Å². The van der Waals surface area contributed by atoms with Crippen molar-refractivity contribution in [2.75, 3.05) is 19.5 Å². The Bertz CT molecular complexity index is 645. The van der Waals surface area contributed by atoms with Crippen molar-refractivity contribution < 1.29 is 13.2 Å². The molecule has 3 atom stereocenters. The molecule has 0 radical (unpaired) electrons. The van der Waals surface area contributed by atoms with Crippen molar-refractivity contribution in [1.29, 1.82) is 0 Å². The zero-order valence-electron chi connectivity index (χ0n) is 11.9. The third-order valence-corrected chi connectivity index (χ3v) is 7.02. The molecule has 1 saturated carbocycles.